The standard InChI is InChI=1S/C15H22N2O4/c1-4-5-12(9-21-3)17-15(20)16-11-6-7-13(14(18)19)10(2)8-11/h6-8,12H,4-5,9H2,1-3H3,(H,18,19)(H2,16,17,20). The fourth-order valence-corrected chi connectivity index (χ4v) is 2.08. The molecule has 1 aromatic carbocycles. The molecule has 2 amide bonds. The quantitative estimate of drug-likeness (QED) is 0.721. The number of aromatic carboxylic acids is 1. The van der Waals surface area contributed by atoms with Gasteiger partial charge in [-0.2, -0.15) is 0 Å². The average Bonchev–Trinajstić information content (AvgIpc) is 2.38. The van der Waals surface area contributed by atoms with Crippen molar-refractivity contribution in [3.63, 3.8) is 0 Å². The second-order valence-corrected chi connectivity index (χ2v) is 4.87. The van der Waals surface area contributed by atoms with Gasteiger partial charge in [0, 0.05) is 12.8 Å². The van der Waals surface area contributed by atoms with Crippen molar-refractivity contribution in [1.82, 2.24) is 5.32 Å². The number of hydrogen-bond acceptors (Lipinski definition) is 3. The highest BCUT2D eigenvalue weighted by atomic mass is 16.5. The third-order valence-corrected chi connectivity index (χ3v) is 3.05. The average molecular weight is 294 g/mol. The van der Waals surface area contributed by atoms with Crippen LogP contribution in [0.25, 0.3) is 0 Å². The predicted molar refractivity (Wildman–Crippen MR) is 80.9 cm³/mol. The molecule has 0 saturated carbocycles. The Morgan fingerprint density at radius 1 is 1.38 bits per heavy atom. The van der Waals surface area contributed by atoms with Crippen molar-refractivity contribution in [2.24, 2.45) is 0 Å². The van der Waals surface area contributed by atoms with Crippen LogP contribution in [0.4, 0.5) is 10.5 Å². The van der Waals surface area contributed by atoms with Crippen LogP contribution in [0.15, 0.2) is 18.2 Å². The van der Waals surface area contributed by atoms with E-state index in [1.807, 2.05) is 6.92 Å². The molecule has 0 aliphatic carbocycles. The van der Waals surface area contributed by atoms with Crippen LogP contribution in [0, 0.1) is 6.92 Å². The number of hydrogen-bond donors (Lipinski definition) is 3. The number of methoxy groups -OCH3 is 1. The Hall–Kier alpha value is -2.08. The van der Waals surface area contributed by atoms with Gasteiger partial charge in [-0.25, -0.2) is 9.59 Å². The number of carboxylic acids is 1. The summed E-state index contributed by atoms with van der Waals surface area (Å²) in [4.78, 5) is 22.8. The summed E-state index contributed by atoms with van der Waals surface area (Å²) in [5.74, 6) is -0.980. The minimum Gasteiger partial charge on any atom is -0.478 e. The van der Waals surface area contributed by atoms with E-state index < -0.39 is 5.97 Å². The zero-order chi connectivity index (χ0) is 15.8. The number of amides is 2. The van der Waals surface area contributed by atoms with Crippen molar-refractivity contribution in [3.05, 3.63) is 29.3 Å². The Kier molecular flexibility index (Phi) is 6.68. The molecular formula is C15H22N2O4. The number of ether oxygens (including phenoxy) is 1. The van der Waals surface area contributed by atoms with Crippen molar-refractivity contribution in [1.29, 1.82) is 0 Å². The molecular weight excluding hydrogens is 272 g/mol. The zero-order valence-electron chi connectivity index (χ0n) is 12.6. The van der Waals surface area contributed by atoms with Crippen molar-refractivity contribution < 1.29 is 19.4 Å². The summed E-state index contributed by atoms with van der Waals surface area (Å²) in [6.45, 7) is 4.19. The zero-order valence-corrected chi connectivity index (χ0v) is 12.6. The van der Waals surface area contributed by atoms with Crippen LogP contribution in [0.3, 0.4) is 0 Å². The van der Waals surface area contributed by atoms with Crippen LogP contribution < -0.4 is 10.6 Å². The number of carbonyl (C=O) groups is 2. The topological polar surface area (TPSA) is 87.7 Å². The van der Waals surface area contributed by atoms with Crippen LogP contribution in [0.1, 0.15) is 35.7 Å². The van der Waals surface area contributed by atoms with E-state index in [9.17, 15) is 9.59 Å². The van der Waals surface area contributed by atoms with E-state index in [0.717, 1.165) is 12.8 Å². The van der Waals surface area contributed by atoms with Gasteiger partial charge in [-0.1, -0.05) is 13.3 Å². The Balaban J connectivity index is 2.65. The first-order chi connectivity index (χ1) is 9.97. The Labute approximate surface area is 124 Å². The molecule has 3 N–H and O–H groups in total. The van der Waals surface area contributed by atoms with E-state index in [2.05, 4.69) is 10.6 Å². The Bertz CT molecular complexity index is 496. The van der Waals surface area contributed by atoms with E-state index in [-0.39, 0.29) is 17.6 Å². The molecule has 0 saturated heterocycles. The van der Waals surface area contributed by atoms with Crippen LogP contribution in [0.2, 0.25) is 0 Å². The lowest BCUT2D eigenvalue weighted by Gasteiger charge is -2.17. The third-order valence-electron chi connectivity index (χ3n) is 3.05. The maximum atomic E-state index is 11.9. The number of urea groups is 1. The van der Waals surface area contributed by atoms with E-state index in [1.54, 1.807) is 26.2 Å². The molecule has 0 spiro atoms. The largest absolute Gasteiger partial charge is 0.478 e. The fourth-order valence-electron chi connectivity index (χ4n) is 2.08. The molecule has 1 aromatic rings. The van der Waals surface area contributed by atoms with Crippen LogP contribution in [-0.2, 0) is 4.74 Å². The van der Waals surface area contributed by atoms with Gasteiger partial charge in [0.05, 0.1) is 18.2 Å². The second-order valence-electron chi connectivity index (χ2n) is 4.87. The molecule has 0 aliphatic heterocycles. The van der Waals surface area contributed by atoms with Crippen molar-refractivity contribution in [2.75, 3.05) is 19.0 Å². The SMILES string of the molecule is CCCC(COC)NC(=O)Nc1ccc(C(=O)O)c(C)c1. The highest BCUT2D eigenvalue weighted by Crippen LogP contribution is 2.15. The maximum Gasteiger partial charge on any atom is 0.335 e. The molecule has 0 aliphatic rings. The first-order valence-electron chi connectivity index (χ1n) is 6.88. The number of rotatable bonds is 7. The van der Waals surface area contributed by atoms with E-state index in [1.165, 1.54) is 6.07 Å². The maximum absolute atomic E-state index is 11.9. The monoisotopic (exact) mass is 294 g/mol. The summed E-state index contributed by atoms with van der Waals surface area (Å²) in [7, 11) is 1.59. The first-order valence-corrected chi connectivity index (χ1v) is 6.88. The Morgan fingerprint density at radius 2 is 2.10 bits per heavy atom. The normalized spacial score (nSPS) is 11.8. The summed E-state index contributed by atoms with van der Waals surface area (Å²) in [6, 6.07) is 4.31. The minimum absolute atomic E-state index is 0.0422. The summed E-state index contributed by atoms with van der Waals surface area (Å²) < 4.78 is 5.06. The number of carbonyl (C=O) groups excluding carboxylic acids is 1. The fraction of sp³-hybridized carbons (Fsp3) is 0.467. The molecule has 0 heterocycles. The lowest BCUT2D eigenvalue weighted by Crippen LogP contribution is -2.40. The Morgan fingerprint density at radius 3 is 2.62 bits per heavy atom. The number of anilines is 1. The van der Waals surface area contributed by atoms with Crippen LogP contribution >= 0.6 is 0 Å². The minimum atomic E-state index is -0.980. The first kappa shape index (κ1) is 17.0. The van der Waals surface area contributed by atoms with Gasteiger partial charge in [0.1, 0.15) is 0 Å². The smallest absolute Gasteiger partial charge is 0.335 e. The third kappa shape index (κ3) is 5.43. The summed E-state index contributed by atoms with van der Waals surface area (Å²) in [5.41, 5.74) is 1.38. The van der Waals surface area contributed by atoms with Gasteiger partial charge in [0.2, 0.25) is 0 Å². The van der Waals surface area contributed by atoms with Crippen LogP contribution in [-0.4, -0.2) is 36.9 Å². The molecule has 0 fully saturated rings. The van der Waals surface area contributed by atoms with Gasteiger partial charge in [-0.15, -0.1) is 0 Å². The summed E-state index contributed by atoms with van der Waals surface area (Å²) in [5, 5.41) is 14.5. The molecule has 116 valence electrons. The van der Waals surface area contributed by atoms with Crippen molar-refractivity contribution >= 4 is 17.7 Å². The highest BCUT2D eigenvalue weighted by Gasteiger charge is 2.12. The highest BCUT2D eigenvalue weighted by molar-refractivity contribution is 5.92. The van der Waals surface area contributed by atoms with Crippen LogP contribution in [0.5, 0.6) is 0 Å². The molecule has 1 atom stereocenters. The van der Waals surface area contributed by atoms with Crippen molar-refractivity contribution in [2.45, 2.75) is 32.7 Å². The van der Waals surface area contributed by atoms with Gasteiger partial charge in [0.15, 0.2) is 0 Å². The molecule has 0 bridgehead atoms. The van der Waals surface area contributed by atoms with Gasteiger partial charge < -0.3 is 20.5 Å². The van der Waals surface area contributed by atoms with Gasteiger partial charge in [0.25, 0.3) is 0 Å². The van der Waals surface area contributed by atoms with E-state index in [0.29, 0.717) is 17.9 Å². The number of nitrogens with one attached hydrogen (secondary N) is 2. The summed E-state index contributed by atoms with van der Waals surface area (Å²) >= 11 is 0. The molecule has 0 aromatic heterocycles. The van der Waals surface area contributed by atoms with Gasteiger partial charge in [-0.05, 0) is 37.1 Å². The van der Waals surface area contributed by atoms with Crippen molar-refractivity contribution in [3.8, 4) is 0 Å². The summed E-state index contributed by atoms with van der Waals surface area (Å²) in [6.07, 6.45) is 1.78. The van der Waals surface area contributed by atoms with Gasteiger partial charge >= 0.3 is 12.0 Å². The number of benzene rings is 1. The molecule has 21 heavy (non-hydrogen) atoms. The molecule has 1 unspecified atom stereocenters. The molecule has 6 heteroatoms. The number of aryl methyl sites for hydroxylation is 1. The number of carboxylic acid groups (broad SMARTS) is 1. The lowest BCUT2D eigenvalue weighted by molar-refractivity contribution is 0.0696. The van der Waals surface area contributed by atoms with E-state index in [4.69, 9.17) is 9.84 Å². The van der Waals surface area contributed by atoms with Gasteiger partial charge in [-0.3, -0.25) is 0 Å². The lowest BCUT2D eigenvalue weighted by atomic mass is 10.1. The molecule has 0 radical (unpaired) electrons. The second kappa shape index (κ2) is 8.26. The molecule has 1 rings (SSSR count). The predicted octanol–water partition coefficient (Wildman–Crippen LogP) is 2.63. The van der Waals surface area contributed by atoms with E-state index >= 15 is 0 Å². The molecule has 6 nitrogen and oxygen atoms in total.